The normalized spacial score (nSPS) is 20.3. The van der Waals surface area contributed by atoms with Crippen molar-refractivity contribution in [3.63, 3.8) is 0 Å². The minimum atomic E-state index is -1.00. The Labute approximate surface area is 102 Å². The number of carboxylic acid groups (broad SMARTS) is 1. The van der Waals surface area contributed by atoms with Gasteiger partial charge in [-0.15, -0.1) is 10.2 Å². The smallest absolute Gasteiger partial charge is 0.326 e. The van der Waals surface area contributed by atoms with Gasteiger partial charge in [0.15, 0.2) is 10.8 Å². The summed E-state index contributed by atoms with van der Waals surface area (Å²) < 4.78 is 0. The molecule has 1 saturated heterocycles. The minimum Gasteiger partial charge on any atom is -0.480 e. The zero-order valence-corrected chi connectivity index (χ0v) is 9.65. The monoisotopic (exact) mass is 258 g/mol. The number of aromatic amines is 1. The van der Waals surface area contributed by atoms with E-state index >= 15 is 0 Å². The maximum Gasteiger partial charge on any atom is 0.326 e. The molecular formula is C9H11ClN4O3. The number of likely N-dealkylation sites (tertiary alicyclic amines) is 1. The fraction of sp³-hybridized carbons (Fsp3) is 0.556. The Kier molecular flexibility index (Phi) is 3.28. The summed E-state index contributed by atoms with van der Waals surface area (Å²) >= 11 is 5.68. The van der Waals surface area contributed by atoms with Gasteiger partial charge in [0.05, 0.1) is 0 Å². The molecule has 0 spiro atoms. The van der Waals surface area contributed by atoms with Gasteiger partial charge in [-0.05, 0) is 19.3 Å². The summed E-state index contributed by atoms with van der Waals surface area (Å²) in [6.07, 6.45) is 2.04. The molecule has 1 aliphatic rings. The third kappa shape index (κ3) is 2.23. The molecule has 17 heavy (non-hydrogen) atoms. The first kappa shape index (κ1) is 11.8. The number of aliphatic carboxylic acids is 1. The van der Waals surface area contributed by atoms with E-state index in [0.29, 0.717) is 13.0 Å². The maximum absolute atomic E-state index is 12.1. The number of hydrogen-bond donors (Lipinski definition) is 2. The number of nitrogens with zero attached hydrogens (tertiary/aromatic N) is 3. The number of amides is 1. The number of carbonyl (C=O) groups is 2. The number of carbonyl (C=O) groups excluding carboxylic acids is 1. The molecule has 1 amide bonds. The average molecular weight is 259 g/mol. The van der Waals surface area contributed by atoms with E-state index in [1.165, 1.54) is 4.90 Å². The highest BCUT2D eigenvalue weighted by Crippen LogP contribution is 2.21. The van der Waals surface area contributed by atoms with Gasteiger partial charge in [0.25, 0.3) is 5.91 Å². The first-order valence-corrected chi connectivity index (χ1v) is 5.59. The van der Waals surface area contributed by atoms with Crippen LogP contribution in [0.15, 0.2) is 0 Å². The number of halogens is 1. The van der Waals surface area contributed by atoms with Crippen molar-refractivity contribution in [3.05, 3.63) is 10.8 Å². The number of carboxylic acids is 1. The second kappa shape index (κ2) is 4.70. The van der Waals surface area contributed by atoms with Gasteiger partial charge in [-0.2, -0.15) is 5.21 Å². The first-order valence-electron chi connectivity index (χ1n) is 5.21. The number of aromatic nitrogens is 3. The molecular weight excluding hydrogens is 248 g/mol. The van der Waals surface area contributed by atoms with Crippen molar-refractivity contribution in [1.29, 1.82) is 0 Å². The van der Waals surface area contributed by atoms with Gasteiger partial charge in [0.2, 0.25) is 0 Å². The SMILES string of the molecule is O=C(O)[C@@H]1CCCCN1C(=O)c1n[nH]nc1Cl. The summed E-state index contributed by atoms with van der Waals surface area (Å²) in [5, 5.41) is 18.4. The molecule has 92 valence electrons. The molecule has 2 heterocycles. The van der Waals surface area contributed by atoms with Gasteiger partial charge >= 0.3 is 5.97 Å². The molecule has 0 saturated carbocycles. The molecule has 1 aromatic rings. The summed E-state index contributed by atoms with van der Waals surface area (Å²) in [4.78, 5) is 24.4. The molecule has 7 nitrogen and oxygen atoms in total. The largest absolute Gasteiger partial charge is 0.480 e. The average Bonchev–Trinajstić information content (AvgIpc) is 2.74. The topological polar surface area (TPSA) is 99.2 Å². The van der Waals surface area contributed by atoms with Gasteiger partial charge in [-0.3, -0.25) is 4.79 Å². The zero-order chi connectivity index (χ0) is 12.4. The summed E-state index contributed by atoms with van der Waals surface area (Å²) in [6.45, 7) is 0.402. The number of H-pyrrole nitrogens is 1. The van der Waals surface area contributed by atoms with E-state index in [1.54, 1.807) is 0 Å². The Morgan fingerprint density at radius 3 is 2.76 bits per heavy atom. The Hall–Kier alpha value is -1.63. The van der Waals surface area contributed by atoms with Crippen molar-refractivity contribution in [2.45, 2.75) is 25.3 Å². The second-order valence-corrected chi connectivity index (χ2v) is 4.17. The standard InChI is InChI=1S/C9H11ClN4O3/c10-7-6(11-13-12-7)8(15)14-4-2-1-3-5(14)9(16)17/h5H,1-4H2,(H,16,17)(H,11,12,13)/t5-/m0/s1. The Bertz CT molecular complexity index is 447. The molecule has 8 heteroatoms. The Morgan fingerprint density at radius 2 is 2.18 bits per heavy atom. The van der Waals surface area contributed by atoms with E-state index < -0.39 is 17.9 Å². The summed E-state index contributed by atoms with van der Waals surface area (Å²) in [5.41, 5.74) is -0.0279. The van der Waals surface area contributed by atoms with E-state index in [2.05, 4.69) is 15.4 Å². The molecule has 0 unspecified atom stereocenters. The molecule has 1 aromatic heterocycles. The van der Waals surface area contributed by atoms with Crippen LogP contribution >= 0.6 is 11.6 Å². The highest BCUT2D eigenvalue weighted by molar-refractivity contribution is 6.32. The third-order valence-corrected chi connectivity index (χ3v) is 3.02. The van der Waals surface area contributed by atoms with Crippen LogP contribution in [0.25, 0.3) is 0 Å². The third-order valence-electron chi connectivity index (χ3n) is 2.76. The van der Waals surface area contributed by atoms with Gasteiger partial charge < -0.3 is 10.0 Å². The van der Waals surface area contributed by atoms with E-state index in [9.17, 15) is 9.59 Å². The van der Waals surface area contributed by atoms with Crippen LogP contribution in [0, 0.1) is 0 Å². The molecule has 0 aromatic carbocycles. The van der Waals surface area contributed by atoms with E-state index in [1.807, 2.05) is 0 Å². The second-order valence-electron chi connectivity index (χ2n) is 3.81. The molecule has 1 fully saturated rings. The number of piperidine rings is 1. The fourth-order valence-electron chi connectivity index (χ4n) is 1.92. The lowest BCUT2D eigenvalue weighted by Crippen LogP contribution is -2.48. The Morgan fingerprint density at radius 1 is 1.41 bits per heavy atom. The van der Waals surface area contributed by atoms with Crippen molar-refractivity contribution in [1.82, 2.24) is 20.3 Å². The quantitative estimate of drug-likeness (QED) is 0.806. The van der Waals surface area contributed by atoms with Crippen LogP contribution in [-0.4, -0.2) is 49.9 Å². The molecule has 2 N–H and O–H groups in total. The lowest BCUT2D eigenvalue weighted by Gasteiger charge is -2.32. The van der Waals surface area contributed by atoms with Crippen LogP contribution in [0.3, 0.4) is 0 Å². The zero-order valence-electron chi connectivity index (χ0n) is 8.89. The van der Waals surface area contributed by atoms with Crippen molar-refractivity contribution >= 4 is 23.5 Å². The lowest BCUT2D eigenvalue weighted by atomic mass is 10.0. The lowest BCUT2D eigenvalue weighted by molar-refractivity contribution is -0.143. The van der Waals surface area contributed by atoms with Crippen molar-refractivity contribution in [2.24, 2.45) is 0 Å². The summed E-state index contributed by atoms with van der Waals surface area (Å²) in [7, 11) is 0. The van der Waals surface area contributed by atoms with Crippen LogP contribution in [0.2, 0.25) is 5.15 Å². The van der Waals surface area contributed by atoms with Crippen LogP contribution in [0.4, 0.5) is 0 Å². The van der Waals surface area contributed by atoms with Gasteiger partial charge in [-0.1, -0.05) is 11.6 Å². The summed E-state index contributed by atoms with van der Waals surface area (Å²) in [6, 6.07) is -0.802. The predicted octanol–water partition coefficient (Wildman–Crippen LogP) is 0.537. The molecule has 1 aliphatic heterocycles. The fourth-order valence-corrected chi connectivity index (χ4v) is 2.08. The predicted molar refractivity (Wildman–Crippen MR) is 57.7 cm³/mol. The van der Waals surface area contributed by atoms with Crippen molar-refractivity contribution in [2.75, 3.05) is 6.54 Å². The first-order chi connectivity index (χ1) is 8.11. The van der Waals surface area contributed by atoms with Crippen molar-refractivity contribution < 1.29 is 14.7 Å². The van der Waals surface area contributed by atoms with E-state index in [-0.39, 0.29) is 10.8 Å². The van der Waals surface area contributed by atoms with Crippen LogP contribution in [0.5, 0.6) is 0 Å². The number of hydrogen-bond acceptors (Lipinski definition) is 4. The van der Waals surface area contributed by atoms with Gasteiger partial charge in [-0.25, -0.2) is 4.79 Å². The minimum absolute atomic E-state index is 0.0279. The van der Waals surface area contributed by atoms with E-state index in [4.69, 9.17) is 16.7 Å². The highest BCUT2D eigenvalue weighted by Gasteiger charge is 2.34. The van der Waals surface area contributed by atoms with Crippen molar-refractivity contribution in [3.8, 4) is 0 Å². The number of nitrogens with one attached hydrogen (secondary N) is 1. The molecule has 1 atom stereocenters. The van der Waals surface area contributed by atoms with Crippen LogP contribution < -0.4 is 0 Å². The summed E-state index contributed by atoms with van der Waals surface area (Å²) in [5.74, 6) is -1.49. The molecule has 0 radical (unpaired) electrons. The maximum atomic E-state index is 12.1. The van der Waals surface area contributed by atoms with Crippen LogP contribution in [-0.2, 0) is 4.79 Å². The molecule has 2 rings (SSSR count). The van der Waals surface area contributed by atoms with Gasteiger partial charge in [0.1, 0.15) is 6.04 Å². The molecule has 0 aliphatic carbocycles. The highest BCUT2D eigenvalue weighted by atomic mass is 35.5. The van der Waals surface area contributed by atoms with E-state index in [0.717, 1.165) is 12.8 Å². The van der Waals surface area contributed by atoms with Crippen LogP contribution in [0.1, 0.15) is 29.8 Å². The molecule has 0 bridgehead atoms. The Balaban J connectivity index is 2.23. The number of rotatable bonds is 2. The van der Waals surface area contributed by atoms with Gasteiger partial charge in [0, 0.05) is 6.54 Å².